The van der Waals surface area contributed by atoms with Crippen LogP contribution in [0.4, 0.5) is 0 Å². The summed E-state index contributed by atoms with van der Waals surface area (Å²) < 4.78 is 0. The highest BCUT2D eigenvalue weighted by atomic mass is 16.7. The molecule has 1 aromatic heterocycles. The molecule has 0 aliphatic carbocycles. The van der Waals surface area contributed by atoms with Crippen LogP contribution in [0.1, 0.15) is 5.56 Å². The van der Waals surface area contributed by atoms with Crippen LogP contribution < -0.4 is 4.84 Å². The zero-order valence-electron chi connectivity index (χ0n) is 8.28. The molecule has 0 aliphatic rings. The van der Waals surface area contributed by atoms with Crippen molar-refractivity contribution in [2.45, 2.75) is 0 Å². The molecule has 2 aromatic rings. The van der Waals surface area contributed by atoms with Crippen LogP contribution in [-0.2, 0) is 0 Å². The first kappa shape index (κ1) is 9.52. The van der Waals surface area contributed by atoms with Crippen LogP contribution in [0.3, 0.4) is 0 Å². The first-order chi connectivity index (χ1) is 7.45. The Morgan fingerprint density at radius 1 is 1.20 bits per heavy atom. The number of hydrogen-bond acceptors (Lipinski definition) is 2. The lowest BCUT2D eigenvalue weighted by molar-refractivity contribution is 0.105. The first-order valence-electron chi connectivity index (χ1n) is 4.80. The van der Waals surface area contributed by atoms with E-state index in [0.717, 1.165) is 0 Å². The van der Waals surface area contributed by atoms with Crippen molar-refractivity contribution in [1.29, 1.82) is 0 Å². The molecule has 3 heteroatoms. The summed E-state index contributed by atoms with van der Waals surface area (Å²) in [5, 5.41) is 3.92. The number of nitrogens with zero attached hydrogens (tertiary/aromatic N) is 2. The van der Waals surface area contributed by atoms with E-state index in [4.69, 9.17) is 4.84 Å². The molecular formula is C12H12N2O. The fraction of sp³-hybridized carbons (Fsp3) is 0.0833. The highest BCUT2D eigenvalue weighted by molar-refractivity contribution is 5.48. The van der Waals surface area contributed by atoms with Crippen molar-refractivity contribution in [1.82, 2.24) is 9.94 Å². The monoisotopic (exact) mass is 200 g/mol. The minimum absolute atomic E-state index is 0.510. The largest absolute Gasteiger partial charge is 0.393 e. The summed E-state index contributed by atoms with van der Waals surface area (Å²) in [5.74, 6) is 0. The predicted molar refractivity (Wildman–Crippen MR) is 59.2 cm³/mol. The average molecular weight is 200 g/mol. The molecule has 0 saturated heterocycles. The van der Waals surface area contributed by atoms with Gasteiger partial charge in [-0.2, -0.15) is 0 Å². The lowest BCUT2D eigenvalue weighted by Crippen LogP contribution is -2.11. The van der Waals surface area contributed by atoms with E-state index in [2.05, 4.69) is 5.10 Å². The lowest BCUT2D eigenvalue weighted by atomic mass is 10.2. The van der Waals surface area contributed by atoms with E-state index in [1.54, 1.807) is 12.4 Å². The van der Waals surface area contributed by atoms with Gasteiger partial charge in [-0.3, -0.25) is 0 Å². The Morgan fingerprint density at radius 2 is 2.07 bits per heavy atom. The molecule has 0 N–H and O–H groups in total. The number of benzene rings is 1. The van der Waals surface area contributed by atoms with Crippen molar-refractivity contribution in [3.05, 3.63) is 60.4 Å². The molecule has 0 spiro atoms. The Hall–Kier alpha value is -2.03. The third-order valence-corrected chi connectivity index (χ3v) is 1.89. The molecule has 0 unspecified atom stereocenters. The Kier molecular flexibility index (Phi) is 3.18. The Labute approximate surface area is 88.6 Å². The van der Waals surface area contributed by atoms with Crippen LogP contribution in [0.15, 0.2) is 54.9 Å². The highest BCUT2D eigenvalue weighted by Crippen LogP contribution is 1.99. The first-order valence-corrected chi connectivity index (χ1v) is 4.80. The van der Waals surface area contributed by atoms with E-state index in [1.807, 2.05) is 48.6 Å². The molecule has 0 atom stereocenters. The number of aromatic nitrogens is 2. The molecule has 0 fully saturated rings. The van der Waals surface area contributed by atoms with Crippen LogP contribution in [0.2, 0.25) is 0 Å². The van der Waals surface area contributed by atoms with Gasteiger partial charge >= 0.3 is 0 Å². The Balaban J connectivity index is 1.81. The molecule has 0 bridgehead atoms. The second-order valence-electron chi connectivity index (χ2n) is 3.02. The van der Waals surface area contributed by atoms with Gasteiger partial charge in [-0.05, 0) is 17.7 Å². The van der Waals surface area contributed by atoms with Crippen LogP contribution in [0, 0.1) is 0 Å². The molecule has 1 aromatic carbocycles. The third kappa shape index (κ3) is 2.98. The van der Waals surface area contributed by atoms with E-state index in [0.29, 0.717) is 6.61 Å². The Bertz CT molecular complexity index is 406. The second kappa shape index (κ2) is 5.00. The fourth-order valence-corrected chi connectivity index (χ4v) is 1.20. The summed E-state index contributed by atoms with van der Waals surface area (Å²) in [6, 6.07) is 11.9. The SMILES string of the molecule is C(=C\c1ccccc1)/COn1cccn1. The maximum atomic E-state index is 5.29. The van der Waals surface area contributed by atoms with Crippen molar-refractivity contribution < 1.29 is 4.84 Å². The highest BCUT2D eigenvalue weighted by Gasteiger charge is 1.86. The van der Waals surface area contributed by atoms with Crippen LogP contribution in [0.5, 0.6) is 0 Å². The maximum absolute atomic E-state index is 5.29. The Morgan fingerprint density at radius 3 is 2.80 bits per heavy atom. The summed E-state index contributed by atoms with van der Waals surface area (Å²) in [5.41, 5.74) is 1.17. The average Bonchev–Trinajstić information content (AvgIpc) is 2.79. The van der Waals surface area contributed by atoms with Crippen molar-refractivity contribution in [2.24, 2.45) is 0 Å². The molecule has 0 radical (unpaired) electrons. The zero-order valence-corrected chi connectivity index (χ0v) is 8.28. The van der Waals surface area contributed by atoms with E-state index >= 15 is 0 Å². The van der Waals surface area contributed by atoms with Gasteiger partial charge in [0.1, 0.15) is 6.61 Å². The van der Waals surface area contributed by atoms with Crippen molar-refractivity contribution in [2.75, 3.05) is 6.61 Å². The van der Waals surface area contributed by atoms with Crippen molar-refractivity contribution >= 4 is 6.08 Å². The fourth-order valence-electron chi connectivity index (χ4n) is 1.20. The number of hydrogen-bond donors (Lipinski definition) is 0. The van der Waals surface area contributed by atoms with Gasteiger partial charge in [0.2, 0.25) is 0 Å². The lowest BCUT2D eigenvalue weighted by Gasteiger charge is -1.99. The van der Waals surface area contributed by atoms with Gasteiger partial charge in [0, 0.05) is 0 Å². The standard InChI is InChI=1S/C12H12N2O/c1-2-6-12(7-3-1)8-4-11-15-14-10-5-9-13-14/h1-10H,11H2/b8-4+. The second-order valence-corrected chi connectivity index (χ2v) is 3.02. The topological polar surface area (TPSA) is 27.1 Å². The molecule has 2 rings (SSSR count). The molecule has 3 nitrogen and oxygen atoms in total. The normalized spacial score (nSPS) is 10.7. The van der Waals surface area contributed by atoms with Crippen molar-refractivity contribution in [3.8, 4) is 0 Å². The molecular weight excluding hydrogens is 188 g/mol. The number of rotatable bonds is 4. The van der Waals surface area contributed by atoms with E-state index < -0.39 is 0 Å². The molecule has 15 heavy (non-hydrogen) atoms. The molecule has 0 saturated carbocycles. The summed E-state index contributed by atoms with van der Waals surface area (Å²) >= 11 is 0. The summed E-state index contributed by atoms with van der Waals surface area (Å²) in [7, 11) is 0. The third-order valence-electron chi connectivity index (χ3n) is 1.89. The van der Waals surface area contributed by atoms with E-state index in [9.17, 15) is 0 Å². The minimum atomic E-state index is 0.510. The van der Waals surface area contributed by atoms with Crippen molar-refractivity contribution in [3.63, 3.8) is 0 Å². The van der Waals surface area contributed by atoms with Gasteiger partial charge in [-0.1, -0.05) is 36.4 Å². The maximum Gasteiger partial charge on any atom is 0.135 e. The van der Waals surface area contributed by atoms with Crippen LogP contribution >= 0.6 is 0 Å². The summed E-state index contributed by atoms with van der Waals surface area (Å²) in [6.45, 7) is 0.510. The zero-order chi connectivity index (χ0) is 10.3. The van der Waals surface area contributed by atoms with Gasteiger partial charge in [0.25, 0.3) is 0 Å². The molecule has 0 amide bonds. The van der Waals surface area contributed by atoms with Gasteiger partial charge in [0.15, 0.2) is 0 Å². The smallest absolute Gasteiger partial charge is 0.135 e. The van der Waals surface area contributed by atoms with Gasteiger partial charge in [0.05, 0.1) is 12.4 Å². The minimum Gasteiger partial charge on any atom is -0.393 e. The van der Waals surface area contributed by atoms with Crippen LogP contribution in [0.25, 0.3) is 6.08 Å². The van der Waals surface area contributed by atoms with E-state index in [1.165, 1.54) is 10.4 Å². The van der Waals surface area contributed by atoms with Gasteiger partial charge in [-0.25, -0.2) is 0 Å². The predicted octanol–water partition coefficient (Wildman–Crippen LogP) is 2.03. The quantitative estimate of drug-likeness (QED) is 0.755. The molecule has 0 aliphatic heterocycles. The van der Waals surface area contributed by atoms with Crippen LogP contribution in [-0.4, -0.2) is 16.6 Å². The van der Waals surface area contributed by atoms with Gasteiger partial charge < -0.3 is 4.84 Å². The van der Waals surface area contributed by atoms with Gasteiger partial charge in [-0.15, -0.1) is 9.94 Å². The summed E-state index contributed by atoms with van der Waals surface area (Å²) in [4.78, 5) is 6.73. The molecule has 76 valence electrons. The van der Waals surface area contributed by atoms with E-state index in [-0.39, 0.29) is 0 Å². The molecule has 1 heterocycles. The summed E-state index contributed by atoms with van der Waals surface area (Å²) in [6.07, 6.45) is 7.41.